The molecule has 10 atom stereocenters. The molecule has 0 aromatic heterocycles. The van der Waals surface area contributed by atoms with Crippen LogP contribution in [-0.2, 0) is 23.8 Å². The number of hydrogen-bond acceptors (Lipinski definition) is 16. The molecule has 0 spiro atoms. The highest BCUT2D eigenvalue weighted by atomic mass is 16.7. The number of aliphatic hydroxyl groups is 7. The Kier molecular flexibility index (Phi) is 13.2. The average Bonchev–Trinajstić information content (AvgIpc) is 3.10. The van der Waals surface area contributed by atoms with Crippen molar-refractivity contribution < 1.29 is 78.9 Å². The van der Waals surface area contributed by atoms with Gasteiger partial charge in [-0.15, -0.1) is 0 Å². The number of ether oxygens (including phenoxy) is 6. The Labute approximate surface area is 280 Å². The Morgan fingerprint density at radius 1 is 0.694 bits per heavy atom. The summed E-state index contributed by atoms with van der Waals surface area (Å²) in [6, 6.07) is 9.02. The number of carbonyl (C=O) groups excluding carboxylic acids is 2. The summed E-state index contributed by atoms with van der Waals surface area (Å²) in [6.07, 6.45) is -11.1. The smallest absolute Gasteiger partial charge is 0.229 e. The Morgan fingerprint density at radius 3 is 1.84 bits per heavy atom. The third-order valence-corrected chi connectivity index (χ3v) is 7.87. The van der Waals surface area contributed by atoms with Gasteiger partial charge in [-0.2, -0.15) is 0 Å². The van der Waals surface area contributed by atoms with Gasteiger partial charge in [0.2, 0.25) is 6.29 Å². The highest BCUT2D eigenvalue weighted by Gasteiger charge is 2.51. The normalized spacial score (nSPS) is 30.4. The van der Waals surface area contributed by atoms with Crippen molar-refractivity contribution in [2.75, 3.05) is 27.4 Å². The molecular weight excluding hydrogens is 652 g/mol. The van der Waals surface area contributed by atoms with Crippen LogP contribution in [0.25, 0.3) is 12.2 Å². The molecule has 8 N–H and O–H groups in total. The van der Waals surface area contributed by atoms with Gasteiger partial charge in [-0.25, -0.2) is 0 Å². The van der Waals surface area contributed by atoms with Gasteiger partial charge in [0.05, 0.1) is 33.9 Å². The van der Waals surface area contributed by atoms with Crippen molar-refractivity contribution in [2.24, 2.45) is 0 Å². The molecule has 0 amide bonds. The fourth-order valence-corrected chi connectivity index (χ4v) is 5.13. The van der Waals surface area contributed by atoms with Crippen LogP contribution in [0.3, 0.4) is 0 Å². The van der Waals surface area contributed by atoms with E-state index in [2.05, 4.69) is 0 Å². The topological polar surface area (TPSA) is 251 Å². The number of rotatable bonds is 14. The predicted molar refractivity (Wildman–Crippen MR) is 167 cm³/mol. The van der Waals surface area contributed by atoms with Gasteiger partial charge in [0.15, 0.2) is 40.9 Å². The van der Waals surface area contributed by atoms with Crippen molar-refractivity contribution >= 4 is 23.7 Å². The third kappa shape index (κ3) is 9.20. The molecule has 2 aliphatic rings. The molecule has 268 valence electrons. The third-order valence-electron chi connectivity index (χ3n) is 7.87. The van der Waals surface area contributed by atoms with Gasteiger partial charge in [-0.3, -0.25) is 9.59 Å². The molecule has 2 aromatic carbocycles. The van der Waals surface area contributed by atoms with Crippen LogP contribution in [0, 0.1) is 0 Å². The number of ketones is 2. The molecule has 0 bridgehead atoms. The number of aromatic hydroxyl groups is 1. The molecule has 0 saturated carbocycles. The van der Waals surface area contributed by atoms with Crippen molar-refractivity contribution in [3.63, 3.8) is 0 Å². The quantitative estimate of drug-likeness (QED) is 0.0843. The molecule has 0 unspecified atom stereocenters. The molecule has 2 heterocycles. The molecule has 2 saturated heterocycles. The minimum absolute atomic E-state index is 0.0483. The second-order valence-corrected chi connectivity index (χ2v) is 11.2. The first-order valence-corrected chi connectivity index (χ1v) is 15.1. The van der Waals surface area contributed by atoms with Crippen molar-refractivity contribution in [3.8, 4) is 23.0 Å². The predicted octanol–water partition coefficient (Wildman–Crippen LogP) is -1.33. The van der Waals surface area contributed by atoms with Gasteiger partial charge in [-0.05, 0) is 47.5 Å². The first-order valence-electron chi connectivity index (χ1n) is 15.1. The van der Waals surface area contributed by atoms with Crippen LogP contribution in [0.4, 0.5) is 0 Å². The maximum Gasteiger partial charge on any atom is 0.229 e. The lowest BCUT2D eigenvalue weighted by molar-refractivity contribution is -0.352. The Hall–Kier alpha value is -3.94. The summed E-state index contributed by atoms with van der Waals surface area (Å²) in [5.74, 6) is -0.531. The lowest BCUT2D eigenvalue weighted by Gasteiger charge is -2.45. The van der Waals surface area contributed by atoms with E-state index in [9.17, 15) is 50.4 Å². The summed E-state index contributed by atoms with van der Waals surface area (Å²) >= 11 is 0. The van der Waals surface area contributed by atoms with E-state index in [1.165, 1.54) is 62.8 Å². The molecule has 16 heteroatoms. The average molecular weight is 693 g/mol. The van der Waals surface area contributed by atoms with E-state index < -0.39 is 92.6 Å². The fourth-order valence-electron chi connectivity index (χ4n) is 5.13. The largest absolute Gasteiger partial charge is 0.504 e. The standard InChI is InChI=1S/C33H40O16/c1-44-22-11-16(5-9-20(22)38)3-7-18(36)13-19(37)8-4-17-6-10-21(23(12-17)45-2)46-32-30(43)28(41)31(25(15-35)48-32)49-33-29(42)27(40)26(39)24(14-34)47-33/h3-12,24-35,38-43H,13-15H2,1-2H3/b7-3+,8-4+/t24-,25-,26-,27+,28-,29-,30-,31-,32-,33-/m1/s1. The van der Waals surface area contributed by atoms with Gasteiger partial charge < -0.3 is 69.3 Å². The summed E-state index contributed by atoms with van der Waals surface area (Å²) < 4.78 is 32.7. The van der Waals surface area contributed by atoms with Crippen LogP contribution < -0.4 is 14.2 Å². The van der Waals surface area contributed by atoms with Crippen LogP contribution in [-0.4, -0.2) is 141 Å². The van der Waals surface area contributed by atoms with E-state index in [0.29, 0.717) is 11.1 Å². The second-order valence-electron chi connectivity index (χ2n) is 11.2. The van der Waals surface area contributed by atoms with Crippen molar-refractivity contribution in [2.45, 2.75) is 67.8 Å². The summed E-state index contributed by atoms with van der Waals surface area (Å²) in [5.41, 5.74) is 1.08. The van der Waals surface area contributed by atoms with Gasteiger partial charge in [0.1, 0.15) is 48.8 Å². The highest BCUT2D eigenvalue weighted by molar-refractivity contribution is 6.10. The summed E-state index contributed by atoms with van der Waals surface area (Å²) in [5, 5.41) is 81.1. The van der Waals surface area contributed by atoms with E-state index in [1.807, 2.05) is 0 Å². The van der Waals surface area contributed by atoms with Crippen molar-refractivity contribution in [3.05, 3.63) is 59.7 Å². The molecule has 2 aliphatic heterocycles. The molecule has 0 radical (unpaired) electrons. The summed E-state index contributed by atoms with van der Waals surface area (Å²) in [6.45, 7) is -1.47. The number of phenols is 1. The molecule has 0 aliphatic carbocycles. The number of hydrogen-bond donors (Lipinski definition) is 8. The number of benzene rings is 2. The summed E-state index contributed by atoms with van der Waals surface area (Å²) in [7, 11) is 2.73. The van der Waals surface area contributed by atoms with Crippen molar-refractivity contribution in [1.82, 2.24) is 0 Å². The molecule has 49 heavy (non-hydrogen) atoms. The van der Waals surface area contributed by atoms with Gasteiger partial charge in [0, 0.05) is 0 Å². The number of allylic oxidation sites excluding steroid dienone is 2. The maximum atomic E-state index is 12.4. The number of aliphatic hydroxyl groups excluding tert-OH is 7. The molecular formula is C33H40O16. The zero-order valence-corrected chi connectivity index (χ0v) is 26.5. The minimum atomic E-state index is -1.80. The first-order chi connectivity index (χ1) is 23.4. The molecule has 4 rings (SSSR count). The van der Waals surface area contributed by atoms with Gasteiger partial charge >= 0.3 is 0 Å². The molecule has 16 nitrogen and oxygen atoms in total. The summed E-state index contributed by atoms with van der Waals surface area (Å²) in [4.78, 5) is 24.7. The van der Waals surface area contributed by atoms with Crippen LogP contribution in [0.5, 0.6) is 23.0 Å². The van der Waals surface area contributed by atoms with E-state index in [4.69, 9.17) is 28.4 Å². The second kappa shape index (κ2) is 17.1. The van der Waals surface area contributed by atoms with Crippen LogP contribution >= 0.6 is 0 Å². The zero-order chi connectivity index (χ0) is 35.8. The molecule has 2 fully saturated rings. The first kappa shape index (κ1) is 37.9. The molecule has 2 aromatic rings. The maximum absolute atomic E-state index is 12.4. The van der Waals surface area contributed by atoms with Gasteiger partial charge in [-0.1, -0.05) is 24.3 Å². The van der Waals surface area contributed by atoms with Crippen molar-refractivity contribution in [1.29, 1.82) is 0 Å². The SMILES string of the molecule is COc1cc(/C=C/C(=O)CC(=O)/C=C/c2ccc(O[C@@H]3O[C@H](CO)[C@@H](O[C@H]4O[C@H](CO)[C@@H](O)[C@H](O)[C@H]4O)[C@H](O)[C@H]3O)c(OC)c2)ccc1O. The zero-order valence-electron chi connectivity index (χ0n) is 26.5. The monoisotopic (exact) mass is 692 g/mol. The van der Waals surface area contributed by atoms with Crippen LogP contribution in [0.15, 0.2) is 48.6 Å². The van der Waals surface area contributed by atoms with Crippen LogP contribution in [0.1, 0.15) is 17.5 Å². The van der Waals surface area contributed by atoms with E-state index in [1.54, 1.807) is 12.1 Å². The van der Waals surface area contributed by atoms with Crippen LogP contribution in [0.2, 0.25) is 0 Å². The Morgan fingerprint density at radius 2 is 1.24 bits per heavy atom. The Balaban J connectivity index is 1.37. The highest BCUT2D eigenvalue weighted by Crippen LogP contribution is 2.34. The number of methoxy groups -OCH3 is 2. The number of phenolic OH excluding ortho intramolecular Hbond substituents is 1. The van der Waals surface area contributed by atoms with E-state index >= 15 is 0 Å². The lowest BCUT2D eigenvalue weighted by Crippen LogP contribution is -2.65. The Bertz CT molecular complexity index is 1490. The lowest BCUT2D eigenvalue weighted by atomic mass is 9.97. The number of carbonyl (C=O) groups is 2. The van der Waals surface area contributed by atoms with E-state index in [0.717, 1.165) is 0 Å². The van der Waals surface area contributed by atoms with E-state index in [-0.39, 0.29) is 23.0 Å². The fraction of sp³-hybridized carbons (Fsp3) is 0.455. The minimum Gasteiger partial charge on any atom is -0.504 e. The van der Waals surface area contributed by atoms with Gasteiger partial charge in [0.25, 0.3) is 0 Å².